The van der Waals surface area contributed by atoms with E-state index in [0.29, 0.717) is 0 Å². The van der Waals surface area contributed by atoms with E-state index in [9.17, 15) is 4.79 Å². The van der Waals surface area contributed by atoms with Crippen LogP contribution in [0.1, 0.15) is 37.9 Å². The summed E-state index contributed by atoms with van der Waals surface area (Å²) in [5.41, 5.74) is 1.92. The van der Waals surface area contributed by atoms with E-state index in [-0.39, 0.29) is 11.1 Å². The number of H-pyrrole nitrogens is 1. The van der Waals surface area contributed by atoms with Crippen LogP contribution in [0.3, 0.4) is 0 Å². The lowest BCUT2D eigenvalue weighted by molar-refractivity contribution is 0.247. The molecule has 0 unspecified atom stereocenters. The summed E-state index contributed by atoms with van der Waals surface area (Å²) >= 11 is 0. The van der Waals surface area contributed by atoms with Crippen molar-refractivity contribution in [1.29, 1.82) is 0 Å². The highest BCUT2D eigenvalue weighted by atomic mass is 16.1. The first kappa shape index (κ1) is 15.0. The summed E-state index contributed by atoms with van der Waals surface area (Å²) in [5.74, 6) is 0.767. The van der Waals surface area contributed by atoms with Crippen LogP contribution in [0, 0.1) is 0 Å². The Morgan fingerprint density at radius 1 is 1.32 bits per heavy atom. The average molecular weight is 305 g/mol. The molecule has 1 aliphatic heterocycles. The lowest BCUT2D eigenvalue weighted by atomic mass is 10.1. The lowest BCUT2D eigenvalue weighted by Crippen LogP contribution is -2.34. The first-order chi connectivity index (χ1) is 10.3. The van der Waals surface area contributed by atoms with E-state index in [2.05, 4.69) is 46.2 Å². The van der Waals surface area contributed by atoms with Crippen LogP contribution in [0.5, 0.6) is 0 Å². The predicted octanol–water partition coefficient (Wildman–Crippen LogP) is 0.0557. The van der Waals surface area contributed by atoms with Gasteiger partial charge in [0.25, 0.3) is 5.56 Å². The van der Waals surface area contributed by atoms with E-state index in [4.69, 9.17) is 0 Å². The molecule has 2 aromatic heterocycles. The zero-order valence-corrected chi connectivity index (χ0v) is 13.6. The van der Waals surface area contributed by atoms with Crippen LogP contribution in [0.15, 0.2) is 4.79 Å². The maximum absolute atomic E-state index is 11.7. The molecular formula is C14H23N7O. The van der Waals surface area contributed by atoms with Crippen LogP contribution in [0.2, 0.25) is 0 Å². The van der Waals surface area contributed by atoms with Gasteiger partial charge in [-0.25, -0.2) is 0 Å². The van der Waals surface area contributed by atoms with Crippen molar-refractivity contribution in [2.45, 2.75) is 45.7 Å². The van der Waals surface area contributed by atoms with E-state index in [1.807, 2.05) is 11.7 Å². The number of hydrogen-bond donors (Lipinski definition) is 1. The summed E-state index contributed by atoms with van der Waals surface area (Å²) in [4.78, 5) is 15.7. The minimum absolute atomic E-state index is 0.0481. The highest BCUT2D eigenvalue weighted by Gasteiger charge is 2.22. The summed E-state index contributed by atoms with van der Waals surface area (Å²) in [6, 6.07) is 0. The molecule has 3 heterocycles. The van der Waals surface area contributed by atoms with Crippen LogP contribution < -0.4 is 5.56 Å². The number of aryl methyl sites for hydroxylation is 1. The first-order valence-electron chi connectivity index (χ1n) is 7.63. The van der Waals surface area contributed by atoms with E-state index in [1.54, 1.807) is 4.80 Å². The summed E-state index contributed by atoms with van der Waals surface area (Å²) in [7, 11) is 1.89. The molecule has 0 bridgehead atoms. The van der Waals surface area contributed by atoms with Crippen LogP contribution in [-0.4, -0.2) is 48.0 Å². The second kappa shape index (κ2) is 5.35. The fourth-order valence-electron chi connectivity index (χ4n) is 2.72. The van der Waals surface area contributed by atoms with Gasteiger partial charge in [-0.2, -0.15) is 4.80 Å². The summed E-state index contributed by atoms with van der Waals surface area (Å²) < 4.78 is 1.83. The van der Waals surface area contributed by atoms with Crippen molar-refractivity contribution in [2.24, 2.45) is 7.05 Å². The number of fused-ring (bicyclic) bond motifs is 1. The monoisotopic (exact) mass is 305 g/mol. The summed E-state index contributed by atoms with van der Waals surface area (Å²) in [5, 5.41) is 15.5. The summed E-state index contributed by atoms with van der Waals surface area (Å²) in [6.07, 6.45) is 1.57. The molecule has 0 saturated heterocycles. The van der Waals surface area contributed by atoms with Crippen LogP contribution in [0.4, 0.5) is 0 Å². The second-order valence-corrected chi connectivity index (χ2v) is 6.87. The fourth-order valence-corrected chi connectivity index (χ4v) is 2.72. The van der Waals surface area contributed by atoms with Crippen molar-refractivity contribution >= 4 is 0 Å². The molecule has 3 rings (SSSR count). The van der Waals surface area contributed by atoms with Gasteiger partial charge < -0.3 is 0 Å². The molecule has 8 nitrogen and oxygen atoms in total. The number of aromatic amines is 1. The minimum Gasteiger partial charge on any atom is -0.297 e. The highest BCUT2D eigenvalue weighted by Crippen LogP contribution is 2.15. The molecule has 0 aromatic carbocycles. The van der Waals surface area contributed by atoms with Gasteiger partial charge in [-0.3, -0.25) is 19.5 Å². The topological polar surface area (TPSA) is 84.6 Å². The van der Waals surface area contributed by atoms with Crippen molar-refractivity contribution in [1.82, 2.24) is 34.9 Å². The van der Waals surface area contributed by atoms with Crippen LogP contribution in [-0.2, 0) is 32.0 Å². The van der Waals surface area contributed by atoms with Gasteiger partial charge in [0.15, 0.2) is 5.82 Å². The number of rotatable bonds is 3. The van der Waals surface area contributed by atoms with E-state index < -0.39 is 0 Å². The molecule has 2 aromatic rings. The van der Waals surface area contributed by atoms with E-state index >= 15 is 0 Å². The van der Waals surface area contributed by atoms with E-state index in [0.717, 1.165) is 49.6 Å². The molecule has 0 radical (unpaired) electrons. The molecular weight excluding hydrogens is 282 g/mol. The molecule has 0 amide bonds. The molecule has 0 atom stereocenters. The Labute approximate surface area is 129 Å². The molecule has 22 heavy (non-hydrogen) atoms. The zero-order chi connectivity index (χ0) is 15.9. The highest BCUT2D eigenvalue weighted by molar-refractivity contribution is 5.20. The zero-order valence-electron chi connectivity index (χ0n) is 13.6. The quantitative estimate of drug-likeness (QED) is 0.866. The molecule has 0 spiro atoms. The van der Waals surface area contributed by atoms with Gasteiger partial charge in [0.05, 0.1) is 11.2 Å². The number of nitrogens with zero attached hydrogens (tertiary/aromatic N) is 6. The lowest BCUT2D eigenvalue weighted by Gasteiger charge is -2.26. The SMILES string of the molecule is Cn1[nH]c(=O)c2c1CN(CCc1nnn(C(C)(C)C)n1)CC2. The van der Waals surface area contributed by atoms with Gasteiger partial charge in [-0.15, -0.1) is 10.2 Å². The van der Waals surface area contributed by atoms with Gasteiger partial charge in [0.2, 0.25) is 0 Å². The van der Waals surface area contributed by atoms with Gasteiger partial charge >= 0.3 is 0 Å². The van der Waals surface area contributed by atoms with Gasteiger partial charge in [0.1, 0.15) is 0 Å². The minimum atomic E-state index is -0.144. The summed E-state index contributed by atoms with van der Waals surface area (Å²) in [6.45, 7) is 8.71. The first-order valence-corrected chi connectivity index (χ1v) is 7.63. The van der Waals surface area contributed by atoms with Crippen molar-refractivity contribution in [3.63, 3.8) is 0 Å². The normalized spacial score (nSPS) is 16.0. The Balaban J connectivity index is 1.62. The third-order valence-electron chi connectivity index (χ3n) is 4.05. The number of aromatic nitrogens is 6. The Kier molecular flexibility index (Phi) is 3.64. The largest absolute Gasteiger partial charge is 0.297 e. The van der Waals surface area contributed by atoms with Gasteiger partial charge in [-0.1, -0.05) is 0 Å². The van der Waals surface area contributed by atoms with Crippen LogP contribution in [0.25, 0.3) is 0 Å². The van der Waals surface area contributed by atoms with Crippen molar-refractivity contribution in [3.8, 4) is 0 Å². The molecule has 120 valence electrons. The molecule has 0 aliphatic carbocycles. The van der Waals surface area contributed by atoms with Gasteiger partial charge in [0, 0.05) is 38.7 Å². The molecule has 1 N–H and O–H groups in total. The Bertz CT molecular complexity index is 718. The third kappa shape index (κ3) is 2.83. The fraction of sp³-hybridized carbons (Fsp3) is 0.714. The molecule has 0 fully saturated rings. The molecule has 1 aliphatic rings. The Morgan fingerprint density at radius 2 is 2.09 bits per heavy atom. The predicted molar refractivity (Wildman–Crippen MR) is 81.5 cm³/mol. The maximum atomic E-state index is 11.7. The van der Waals surface area contributed by atoms with Gasteiger partial charge in [-0.05, 0) is 32.4 Å². The maximum Gasteiger partial charge on any atom is 0.267 e. The average Bonchev–Trinajstić information content (AvgIpc) is 3.02. The molecule has 0 saturated carbocycles. The van der Waals surface area contributed by atoms with Crippen molar-refractivity contribution < 1.29 is 0 Å². The Morgan fingerprint density at radius 3 is 2.77 bits per heavy atom. The molecule has 8 heteroatoms. The number of nitrogens with one attached hydrogen (secondary N) is 1. The second-order valence-electron chi connectivity index (χ2n) is 6.87. The van der Waals surface area contributed by atoms with E-state index in [1.165, 1.54) is 0 Å². The smallest absolute Gasteiger partial charge is 0.267 e. The number of hydrogen-bond acceptors (Lipinski definition) is 5. The van der Waals surface area contributed by atoms with Crippen molar-refractivity contribution in [3.05, 3.63) is 27.4 Å². The van der Waals surface area contributed by atoms with Crippen LogP contribution >= 0.6 is 0 Å². The van der Waals surface area contributed by atoms with Crippen molar-refractivity contribution in [2.75, 3.05) is 13.1 Å². The standard InChI is InChI=1S/C14H23N7O/c1-14(2,3)21-16-12(15-18-21)6-8-20-7-5-10-11(9-20)19(4)17-13(10)22/h5-9H2,1-4H3,(H,17,22). The number of tetrazole rings is 1. The Hall–Kier alpha value is -1.96. The third-order valence-corrected chi connectivity index (χ3v) is 4.05.